The van der Waals surface area contributed by atoms with Gasteiger partial charge >= 0.3 is 5.97 Å². The average Bonchev–Trinajstić information content (AvgIpc) is 2.17. The zero-order chi connectivity index (χ0) is 11.7. The molecule has 0 aliphatic rings. The zero-order valence-corrected chi connectivity index (χ0v) is 12.2. The lowest BCUT2D eigenvalue weighted by Gasteiger charge is -2.18. The maximum absolute atomic E-state index is 10.9. The smallest absolute Gasteiger partial charge is 0.306 e. The molecule has 1 unspecified atom stereocenters. The molecule has 0 radical (unpaired) electrons. The number of hydrogen-bond acceptors (Lipinski definition) is 3. The second-order valence-electron chi connectivity index (χ2n) is 3.99. The van der Waals surface area contributed by atoms with E-state index in [1.807, 2.05) is 11.9 Å². The van der Waals surface area contributed by atoms with Gasteiger partial charge in [0.05, 0.1) is 12.5 Å². The number of nitrogens with zero attached hydrogens (tertiary/aromatic N) is 1. The first-order valence-corrected chi connectivity index (χ1v) is 5.64. The minimum absolute atomic E-state index is 0. The van der Waals surface area contributed by atoms with E-state index in [9.17, 15) is 4.79 Å². The van der Waals surface area contributed by atoms with Gasteiger partial charge in [0.15, 0.2) is 0 Å². The van der Waals surface area contributed by atoms with Crippen LogP contribution in [-0.4, -0.2) is 47.8 Å². The summed E-state index contributed by atoms with van der Waals surface area (Å²) in [4.78, 5) is 12.9. The van der Waals surface area contributed by atoms with Crippen LogP contribution in [0.1, 0.15) is 32.6 Å². The van der Waals surface area contributed by atoms with E-state index in [2.05, 4.69) is 6.92 Å². The number of carbonyl (C=O) groups is 1. The van der Waals surface area contributed by atoms with Gasteiger partial charge in [-0.1, -0.05) is 19.8 Å². The molecule has 0 amide bonds. The van der Waals surface area contributed by atoms with E-state index in [0.29, 0.717) is 13.0 Å². The van der Waals surface area contributed by atoms with Gasteiger partial charge in [-0.2, -0.15) is 0 Å². The molecule has 0 aromatic rings. The van der Waals surface area contributed by atoms with Gasteiger partial charge in [-0.3, -0.25) is 4.79 Å². The van der Waals surface area contributed by atoms with Crippen LogP contribution in [0.2, 0.25) is 0 Å². The lowest BCUT2D eigenvalue weighted by molar-refractivity contribution is -0.142. The highest BCUT2D eigenvalue weighted by Gasteiger charge is 2.16. The molecule has 0 fully saturated rings. The van der Waals surface area contributed by atoms with E-state index >= 15 is 0 Å². The third-order valence-corrected chi connectivity index (χ3v) is 2.60. The van der Waals surface area contributed by atoms with Crippen molar-refractivity contribution in [1.29, 1.82) is 0 Å². The summed E-state index contributed by atoms with van der Waals surface area (Å²) in [5.74, 6) is -0.924. The lowest BCUT2D eigenvalue weighted by atomic mass is 9.98. The molecule has 0 saturated carbocycles. The Balaban J connectivity index is -0.000000980. The number of aliphatic hydroxyl groups excluding tert-OH is 1. The minimum atomic E-state index is -0.694. The van der Waals surface area contributed by atoms with Crippen molar-refractivity contribution in [2.45, 2.75) is 32.6 Å². The number of halogens is 2. The Labute approximate surface area is 116 Å². The molecule has 6 heteroatoms. The highest BCUT2D eigenvalue weighted by molar-refractivity contribution is 5.85. The fraction of sp³-hybridized carbons (Fsp3) is 0.909. The first-order valence-electron chi connectivity index (χ1n) is 5.64. The Morgan fingerprint density at radius 1 is 1.24 bits per heavy atom. The van der Waals surface area contributed by atoms with E-state index < -0.39 is 5.97 Å². The first-order chi connectivity index (χ1) is 7.11. The molecule has 0 aliphatic carbocycles. The van der Waals surface area contributed by atoms with Gasteiger partial charge in [0.25, 0.3) is 0 Å². The SMILES string of the molecule is CCCCC(CCN(C)CCO)C(=O)O.Cl.Cl. The van der Waals surface area contributed by atoms with Crippen molar-refractivity contribution < 1.29 is 15.0 Å². The van der Waals surface area contributed by atoms with Crippen LogP contribution in [0.5, 0.6) is 0 Å². The Hall–Kier alpha value is -0.0300. The van der Waals surface area contributed by atoms with Crippen molar-refractivity contribution in [3.63, 3.8) is 0 Å². The summed E-state index contributed by atoms with van der Waals surface area (Å²) >= 11 is 0. The van der Waals surface area contributed by atoms with E-state index in [-0.39, 0.29) is 37.3 Å². The Bertz CT molecular complexity index is 182. The highest BCUT2D eigenvalue weighted by Crippen LogP contribution is 2.13. The van der Waals surface area contributed by atoms with Crippen LogP contribution in [0.15, 0.2) is 0 Å². The van der Waals surface area contributed by atoms with Gasteiger partial charge in [0.1, 0.15) is 0 Å². The summed E-state index contributed by atoms with van der Waals surface area (Å²) in [6, 6.07) is 0. The Kier molecular flexibility index (Phi) is 18.3. The lowest BCUT2D eigenvalue weighted by Crippen LogP contribution is -2.27. The molecule has 4 nitrogen and oxygen atoms in total. The van der Waals surface area contributed by atoms with Gasteiger partial charge in [-0.15, -0.1) is 24.8 Å². The van der Waals surface area contributed by atoms with Crippen molar-refractivity contribution >= 4 is 30.8 Å². The van der Waals surface area contributed by atoms with Crippen molar-refractivity contribution in [1.82, 2.24) is 4.90 Å². The van der Waals surface area contributed by atoms with Gasteiger partial charge in [0, 0.05) is 6.54 Å². The van der Waals surface area contributed by atoms with E-state index in [1.165, 1.54) is 0 Å². The number of unbranched alkanes of at least 4 members (excludes halogenated alkanes) is 1. The normalized spacial score (nSPS) is 11.5. The molecule has 1 atom stereocenters. The van der Waals surface area contributed by atoms with E-state index in [4.69, 9.17) is 10.2 Å². The maximum atomic E-state index is 10.9. The van der Waals surface area contributed by atoms with Gasteiger partial charge in [0.2, 0.25) is 0 Å². The second-order valence-corrected chi connectivity index (χ2v) is 3.99. The van der Waals surface area contributed by atoms with Crippen molar-refractivity contribution in [2.24, 2.45) is 5.92 Å². The van der Waals surface area contributed by atoms with Crippen LogP contribution in [0, 0.1) is 5.92 Å². The van der Waals surface area contributed by atoms with Crippen molar-refractivity contribution in [3.05, 3.63) is 0 Å². The summed E-state index contributed by atoms with van der Waals surface area (Å²) in [7, 11) is 1.90. The molecule has 0 bridgehead atoms. The Morgan fingerprint density at radius 3 is 2.24 bits per heavy atom. The van der Waals surface area contributed by atoms with Crippen molar-refractivity contribution in [2.75, 3.05) is 26.7 Å². The molecule has 0 spiro atoms. The number of likely N-dealkylation sites (N-methyl/N-ethyl adjacent to an activating group) is 1. The molecule has 0 aromatic heterocycles. The van der Waals surface area contributed by atoms with Crippen LogP contribution < -0.4 is 0 Å². The van der Waals surface area contributed by atoms with Crippen LogP contribution in [0.4, 0.5) is 0 Å². The third-order valence-electron chi connectivity index (χ3n) is 2.60. The molecular formula is C11H25Cl2NO3. The molecule has 2 N–H and O–H groups in total. The molecular weight excluding hydrogens is 265 g/mol. The summed E-state index contributed by atoms with van der Waals surface area (Å²) in [6.45, 7) is 3.54. The predicted octanol–water partition coefficient (Wildman–Crippen LogP) is 2.04. The van der Waals surface area contributed by atoms with Crippen molar-refractivity contribution in [3.8, 4) is 0 Å². The molecule has 17 heavy (non-hydrogen) atoms. The van der Waals surface area contributed by atoms with E-state index in [0.717, 1.165) is 25.8 Å². The maximum Gasteiger partial charge on any atom is 0.306 e. The quantitative estimate of drug-likeness (QED) is 0.682. The molecule has 0 rings (SSSR count). The van der Waals surface area contributed by atoms with Crippen LogP contribution in [0.3, 0.4) is 0 Å². The number of hydrogen-bond donors (Lipinski definition) is 2. The molecule has 0 aliphatic heterocycles. The topological polar surface area (TPSA) is 60.8 Å². The zero-order valence-electron chi connectivity index (χ0n) is 10.6. The Morgan fingerprint density at radius 2 is 1.82 bits per heavy atom. The second kappa shape index (κ2) is 14.0. The molecule has 106 valence electrons. The van der Waals surface area contributed by atoms with Crippen LogP contribution in [-0.2, 0) is 4.79 Å². The fourth-order valence-corrected chi connectivity index (χ4v) is 1.50. The number of aliphatic hydroxyl groups is 1. The largest absolute Gasteiger partial charge is 0.481 e. The molecule has 0 saturated heterocycles. The van der Waals surface area contributed by atoms with Crippen LogP contribution in [0.25, 0.3) is 0 Å². The summed E-state index contributed by atoms with van der Waals surface area (Å²) in [6.07, 6.45) is 3.45. The highest BCUT2D eigenvalue weighted by atomic mass is 35.5. The number of carboxylic acids is 1. The number of aliphatic carboxylic acids is 1. The minimum Gasteiger partial charge on any atom is -0.481 e. The summed E-state index contributed by atoms with van der Waals surface area (Å²) < 4.78 is 0. The monoisotopic (exact) mass is 289 g/mol. The first kappa shape index (κ1) is 22.2. The fourth-order valence-electron chi connectivity index (χ4n) is 1.50. The number of carboxylic acid groups (broad SMARTS) is 1. The van der Waals surface area contributed by atoms with Crippen LogP contribution >= 0.6 is 24.8 Å². The summed E-state index contributed by atoms with van der Waals surface area (Å²) in [5, 5.41) is 17.7. The van der Waals surface area contributed by atoms with Gasteiger partial charge in [-0.25, -0.2) is 0 Å². The predicted molar refractivity (Wildman–Crippen MR) is 74.3 cm³/mol. The standard InChI is InChI=1S/C11H23NO3.2ClH/c1-3-4-5-10(11(14)15)6-7-12(2)8-9-13;;/h10,13H,3-9H2,1-2H3,(H,14,15);2*1H. The third kappa shape index (κ3) is 12.2. The van der Waals surface area contributed by atoms with Gasteiger partial charge < -0.3 is 15.1 Å². The number of rotatable bonds is 9. The van der Waals surface area contributed by atoms with E-state index in [1.54, 1.807) is 0 Å². The summed E-state index contributed by atoms with van der Waals surface area (Å²) in [5.41, 5.74) is 0. The molecule has 0 heterocycles. The average molecular weight is 290 g/mol. The molecule has 0 aromatic carbocycles. The van der Waals surface area contributed by atoms with Gasteiger partial charge in [-0.05, 0) is 26.4 Å².